The van der Waals surface area contributed by atoms with Crippen molar-refractivity contribution >= 4 is 21.9 Å². The molecule has 0 bridgehead atoms. The summed E-state index contributed by atoms with van der Waals surface area (Å²) in [4.78, 5) is 22.7. The molecule has 1 N–H and O–H groups in total. The fourth-order valence-electron chi connectivity index (χ4n) is 2.03. The Hall–Kier alpha value is -0.950. The van der Waals surface area contributed by atoms with Crippen LogP contribution in [0.3, 0.4) is 0 Å². The number of carbonyl (C=O) groups is 2. The van der Waals surface area contributed by atoms with Gasteiger partial charge in [0.15, 0.2) is 0 Å². The van der Waals surface area contributed by atoms with E-state index in [1.165, 1.54) is 0 Å². The zero-order chi connectivity index (χ0) is 14.3. The summed E-state index contributed by atoms with van der Waals surface area (Å²) in [6.07, 6.45) is 3.56. The third-order valence-electron chi connectivity index (χ3n) is 3.17. The van der Waals surface area contributed by atoms with Crippen molar-refractivity contribution in [3.63, 3.8) is 0 Å². The predicted molar refractivity (Wildman–Crippen MR) is 68.2 cm³/mol. The second-order valence-corrected chi connectivity index (χ2v) is 6.40. The molecule has 1 rings (SSSR count). The molecule has 0 heterocycles. The minimum atomic E-state index is -3.89. The zero-order valence-corrected chi connectivity index (χ0v) is 11.7. The number of hydrogen-bond donors (Lipinski definition) is 1. The molecule has 0 spiro atoms. The van der Waals surface area contributed by atoms with Crippen molar-refractivity contribution in [3.8, 4) is 0 Å². The van der Waals surface area contributed by atoms with Gasteiger partial charge in [-0.1, -0.05) is 0 Å². The first-order chi connectivity index (χ1) is 8.88. The smallest absolute Gasteiger partial charge is 0.308 e. The molecule has 1 fully saturated rings. The number of ketones is 1. The maximum Gasteiger partial charge on any atom is 0.308 e. The van der Waals surface area contributed by atoms with Gasteiger partial charge in [0.2, 0.25) is 0 Å². The van der Waals surface area contributed by atoms with Crippen LogP contribution in [-0.4, -0.2) is 37.1 Å². The average Bonchev–Trinajstić information content (AvgIpc) is 2.33. The second-order valence-electron chi connectivity index (χ2n) is 4.83. The van der Waals surface area contributed by atoms with Crippen molar-refractivity contribution in [1.29, 1.82) is 0 Å². The molecule has 6 nitrogen and oxygen atoms in total. The van der Waals surface area contributed by atoms with Gasteiger partial charge in [0.1, 0.15) is 5.78 Å². The van der Waals surface area contributed by atoms with Gasteiger partial charge >= 0.3 is 5.97 Å². The predicted octanol–water partition coefficient (Wildman–Crippen LogP) is 1.35. The summed E-state index contributed by atoms with van der Waals surface area (Å²) in [6.45, 7) is 0.259. The highest BCUT2D eigenvalue weighted by atomic mass is 32.2. The lowest BCUT2D eigenvalue weighted by Gasteiger charge is -2.19. The van der Waals surface area contributed by atoms with Crippen LogP contribution in [0.2, 0.25) is 0 Å². The first-order valence-electron chi connectivity index (χ1n) is 6.52. The summed E-state index contributed by atoms with van der Waals surface area (Å²) in [5.74, 6) is -0.488. The molecule has 110 valence electrons. The van der Waals surface area contributed by atoms with E-state index in [9.17, 15) is 18.0 Å². The van der Waals surface area contributed by atoms with E-state index < -0.39 is 10.1 Å². The molecule has 0 aromatic heterocycles. The molecule has 1 aliphatic rings. The minimum Gasteiger partial charge on any atom is -0.465 e. The Morgan fingerprint density at radius 1 is 1.21 bits per heavy atom. The van der Waals surface area contributed by atoms with Crippen molar-refractivity contribution in [2.45, 2.75) is 44.9 Å². The maximum atomic E-state index is 11.6. The fraction of sp³-hybridized carbons (Fsp3) is 0.833. The van der Waals surface area contributed by atoms with E-state index in [2.05, 4.69) is 0 Å². The monoisotopic (exact) mass is 292 g/mol. The van der Waals surface area contributed by atoms with Crippen LogP contribution in [0.5, 0.6) is 0 Å². The lowest BCUT2D eigenvalue weighted by molar-refractivity contribution is -0.150. The number of esters is 1. The van der Waals surface area contributed by atoms with Gasteiger partial charge in [-0.2, -0.15) is 8.42 Å². The Bertz CT molecular complexity index is 404. The highest BCUT2D eigenvalue weighted by Crippen LogP contribution is 2.22. The SMILES string of the molecule is O=C1CCC(C(=O)OCCCCCS(=O)(=O)O)CC1. The van der Waals surface area contributed by atoms with Crippen LogP contribution in [0.4, 0.5) is 0 Å². The third kappa shape index (κ3) is 7.27. The lowest BCUT2D eigenvalue weighted by atomic mass is 9.88. The van der Waals surface area contributed by atoms with Crippen LogP contribution >= 0.6 is 0 Å². The van der Waals surface area contributed by atoms with Crippen molar-refractivity contribution < 1.29 is 27.3 Å². The standard InChI is InChI=1S/C12H20O6S/c13-11-6-4-10(5-7-11)12(14)18-8-2-1-3-9-19(15,16)17/h10H,1-9H2,(H,15,16,17). The summed E-state index contributed by atoms with van der Waals surface area (Å²) < 4.78 is 34.5. The molecule has 19 heavy (non-hydrogen) atoms. The number of unbranched alkanes of at least 4 members (excludes halogenated alkanes) is 2. The first-order valence-corrected chi connectivity index (χ1v) is 8.13. The largest absolute Gasteiger partial charge is 0.465 e. The number of Topliss-reactive ketones (excluding diaryl/α,β-unsaturated/α-hetero) is 1. The average molecular weight is 292 g/mol. The molecule has 0 amide bonds. The normalized spacial score (nSPS) is 17.4. The van der Waals surface area contributed by atoms with E-state index in [0.29, 0.717) is 44.9 Å². The summed E-state index contributed by atoms with van der Waals surface area (Å²) in [5.41, 5.74) is 0. The third-order valence-corrected chi connectivity index (χ3v) is 3.97. The molecule has 7 heteroatoms. The van der Waals surface area contributed by atoms with Crippen molar-refractivity contribution in [2.75, 3.05) is 12.4 Å². The molecule has 1 aliphatic carbocycles. The molecule has 0 radical (unpaired) electrons. The molecular formula is C12H20O6S. The highest BCUT2D eigenvalue weighted by Gasteiger charge is 2.25. The maximum absolute atomic E-state index is 11.6. The Morgan fingerprint density at radius 2 is 1.84 bits per heavy atom. The molecule has 0 aromatic rings. The molecule has 0 aliphatic heterocycles. The van der Waals surface area contributed by atoms with Gasteiger partial charge in [-0.05, 0) is 32.1 Å². The summed E-state index contributed by atoms with van der Waals surface area (Å²) >= 11 is 0. The van der Waals surface area contributed by atoms with Gasteiger partial charge in [-0.3, -0.25) is 14.1 Å². The molecule has 0 atom stereocenters. The van der Waals surface area contributed by atoms with Crippen LogP contribution in [0.25, 0.3) is 0 Å². The Kier molecular flexibility index (Phi) is 6.44. The molecule has 0 aromatic carbocycles. The molecular weight excluding hydrogens is 272 g/mol. The zero-order valence-electron chi connectivity index (χ0n) is 10.8. The number of hydrogen-bond acceptors (Lipinski definition) is 5. The lowest BCUT2D eigenvalue weighted by Crippen LogP contribution is -2.24. The van der Waals surface area contributed by atoms with Crippen LogP contribution in [0.15, 0.2) is 0 Å². The van der Waals surface area contributed by atoms with Crippen LogP contribution in [-0.2, 0) is 24.4 Å². The molecule has 1 saturated carbocycles. The van der Waals surface area contributed by atoms with Gasteiger partial charge < -0.3 is 4.74 Å². The Balaban J connectivity index is 2.06. The van der Waals surface area contributed by atoms with E-state index in [-0.39, 0.29) is 30.0 Å². The van der Waals surface area contributed by atoms with Gasteiger partial charge in [0.05, 0.1) is 18.3 Å². The fourth-order valence-corrected chi connectivity index (χ4v) is 2.60. The van der Waals surface area contributed by atoms with Crippen molar-refractivity contribution in [2.24, 2.45) is 5.92 Å². The number of carbonyl (C=O) groups excluding carboxylic acids is 2. The van der Waals surface area contributed by atoms with Crippen LogP contribution in [0.1, 0.15) is 44.9 Å². The summed E-state index contributed by atoms with van der Waals surface area (Å²) in [6, 6.07) is 0. The van der Waals surface area contributed by atoms with Crippen molar-refractivity contribution in [3.05, 3.63) is 0 Å². The van der Waals surface area contributed by atoms with Crippen molar-refractivity contribution in [1.82, 2.24) is 0 Å². The van der Waals surface area contributed by atoms with Gasteiger partial charge in [-0.25, -0.2) is 0 Å². The molecule has 0 unspecified atom stereocenters. The Morgan fingerprint density at radius 3 is 2.42 bits per heavy atom. The van der Waals surface area contributed by atoms with Crippen LogP contribution < -0.4 is 0 Å². The first kappa shape index (κ1) is 16.1. The minimum absolute atomic E-state index is 0.171. The van der Waals surface area contributed by atoms with E-state index in [0.717, 1.165) is 0 Å². The van der Waals surface area contributed by atoms with E-state index in [1.807, 2.05) is 0 Å². The van der Waals surface area contributed by atoms with Gasteiger partial charge in [-0.15, -0.1) is 0 Å². The topological polar surface area (TPSA) is 97.7 Å². The summed E-state index contributed by atoms with van der Waals surface area (Å²) in [7, 11) is -3.89. The molecule has 0 saturated heterocycles. The second kappa shape index (κ2) is 7.59. The number of ether oxygens (including phenoxy) is 1. The van der Waals surface area contributed by atoms with Gasteiger partial charge in [0.25, 0.3) is 10.1 Å². The van der Waals surface area contributed by atoms with E-state index in [4.69, 9.17) is 9.29 Å². The van der Waals surface area contributed by atoms with E-state index in [1.54, 1.807) is 0 Å². The highest BCUT2D eigenvalue weighted by molar-refractivity contribution is 7.85. The summed E-state index contributed by atoms with van der Waals surface area (Å²) in [5, 5.41) is 0. The quantitative estimate of drug-likeness (QED) is 0.432. The van der Waals surface area contributed by atoms with Crippen LogP contribution in [0, 0.1) is 5.92 Å². The Labute approximate surface area is 113 Å². The van der Waals surface area contributed by atoms with E-state index >= 15 is 0 Å². The van der Waals surface area contributed by atoms with Gasteiger partial charge in [0, 0.05) is 12.8 Å². The number of rotatable bonds is 7.